The number of unbranched alkanes of at least 4 members (excludes halogenated alkanes) is 9. The van der Waals surface area contributed by atoms with Gasteiger partial charge in [-0.25, -0.2) is 19.2 Å². The molecule has 3 atom stereocenters. The molecule has 8 N–H and O–H groups in total. The number of benzene rings is 2. The van der Waals surface area contributed by atoms with Crippen molar-refractivity contribution < 1.29 is 75.7 Å². The fraction of sp³-hybridized carbons (Fsp3) is 0.667. The molecule has 29 heteroatoms. The van der Waals surface area contributed by atoms with Gasteiger partial charge >= 0.3 is 6.03 Å². The summed E-state index contributed by atoms with van der Waals surface area (Å²) in [6.07, 6.45) is 20.1. The molecule has 2 aliphatic rings. The van der Waals surface area contributed by atoms with E-state index in [0.717, 1.165) is 76.8 Å². The molecule has 0 saturated carbocycles. The molecular weight excluding hydrogens is 1310 g/mol. The van der Waals surface area contributed by atoms with Gasteiger partial charge in [-0.3, -0.25) is 19.2 Å². The van der Waals surface area contributed by atoms with Crippen LogP contribution >= 0.6 is 23.4 Å². The highest BCUT2D eigenvalue weighted by molar-refractivity contribution is 8.00. The van der Waals surface area contributed by atoms with Crippen LogP contribution in [0.3, 0.4) is 0 Å². The molecule has 98 heavy (non-hydrogen) atoms. The quantitative estimate of drug-likeness (QED) is 0.0149. The molecule has 0 aliphatic carbocycles. The highest BCUT2D eigenvalue weighted by Gasteiger charge is 2.42. The number of aromatic nitrogens is 2. The van der Waals surface area contributed by atoms with Crippen LogP contribution in [-0.2, 0) is 61.8 Å². The smallest absolute Gasteiger partial charge is 0.315 e. The summed E-state index contributed by atoms with van der Waals surface area (Å²) in [6.45, 7) is 11.7. The Hall–Kier alpha value is -6.02. The summed E-state index contributed by atoms with van der Waals surface area (Å²) >= 11 is 7.84. The molecule has 0 spiro atoms. The van der Waals surface area contributed by atoms with E-state index >= 15 is 0 Å². The Morgan fingerprint density at radius 3 is 1.67 bits per heavy atom. The van der Waals surface area contributed by atoms with Crippen LogP contribution in [0.15, 0.2) is 60.9 Å². The summed E-state index contributed by atoms with van der Waals surface area (Å²) in [5.41, 5.74) is 1.64. The molecule has 3 aromatic rings. The Morgan fingerprint density at radius 1 is 0.582 bits per heavy atom. The monoisotopic (exact) mass is 1420 g/mol. The highest BCUT2D eigenvalue weighted by Crippen LogP contribution is 2.34. The van der Waals surface area contributed by atoms with Crippen LogP contribution in [0.4, 0.5) is 37.9 Å². The molecular formula is C69H109ClFN11O15S. The SMILES string of the molecule is COc1ccc(NC(=O)C=CCN(C)CCCCNC(=O)CCCC(=O)NCCOCCOCCOCCOCCOCCOCCOCCOCCOCCCCCCCCCCNC(=O)CCCC[C@@H]2SC[C@@H]3NC(=O)N[C@@H]32)cc1Nc1cc(Nc2ccc(F)c(Cl)c2)ncn1. The number of urea groups is 1. The zero-order chi connectivity index (χ0) is 69.7. The standard InChI is InChI=1S/C69H109ClFN11O15S/c1-82(30-16-21-67(86)78-55-23-25-60(88-2)58(50-55)79-63-51-62(75-53-76-63)77-54-22-24-57(71)56(70)49-54)29-13-12-27-73-65(84)19-15-20-66(85)74-28-32-90-34-36-92-38-40-94-42-44-96-46-48-97-47-45-95-43-41-93-39-37-91-35-33-89-31-14-8-6-4-3-5-7-11-26-72-64(83)18-10-9-17-61-68-59(52-98-61)80-69(87)81-68/h16,21-25,49-51,53,59,61,68H,3-15,17-20,26-48,52H2,1-2H3,(H,72,83)(H,73,84)(H,74,85)(H,78,86)(H2,80,81,87)(H2,75,76,77,79)/t59-,61-,68-/m0/s1. The summed E-state index contributed by atoms with van der Waals surface area (Å²) in [5, 5.41) is 24.4. The lowest BCUT2D eigenvalue weighted by Gasteiger charge is -2.16. The molecule has 2 saturated heterocycles. The molecule has 26 nitrogen and oxygen atoms in total. The average Bonchev–Trinajstić information content (AvgIpc) is 1.65. The van der Waals surface area contributed by atoms with E-state index in [9.17, 15) is 28.4 Å². The molecule has 2 aliphatic heterocycles. The predicted molar refractivity (Wildman–Crippen MR) is 379 cm³/mol. The molecule has 0 bridgehead atoms. The van der Waals surface area contributed by atoms with Gasteiger partial charge in [0.15, 0.2) is 0 Å². The minimum Gasteiger partial charge on any atom is -0.495 e. The van der Waals surface area contributed by atoms with Gasteiger partial charge in [0.1, 0.15) is 29.5 Å². The second kappa shape index (κ2) is 53.8. The summed E-state index contributed by atoms with van der Waals surface area (Å²) in [6, 6.07) is 11.5. The van der Waals surface area contributed by atoms with Gasteiger partial charge in [0, 0.05) is 86.6 Å². The zero-order valence-corrected chi connectivity index (χ0v) is 59.2. The Morgan fingerprint density at radius 2 is 1.09 bits per heavy atom. The van der Waals surface area contributed by atoms with Crippen LogP contribution in [0, 0.1) is 5.82 Å². The summed E-state index contributed by atoms with van der Waals surface area (Å²) in [7, 11) is 3.49. The first-order valence-electron chi connectivity index (χ1n) is 34.8. The largest absolute Gasteiger partial charge is 0.495 e. The number of halogens is 2. The number of carbonyl (C=O) groups excluding carboxylic acids is 5. The maximum absolute atomic E-state index is 13.6. The van der Waals surface area contributed by atoms with E-state index in [1.807, 2.05) is 18.8 Å². The number of methoxy groups -OCH3 is 1. The Bertz CT molecular complexity index is 2720. The average molecular weight is 1420 g/mol. The van der Waals surface area contributed by atoms with E-state index in [2.05, 4.69) is 57.4 Å². The van der Waals surface area contributed by atoms with Gasteiger partial charge in [0.2, 0.25) is 23.6 Å². The van der Waals surface area contributed by atoms with Crippen molar-refractivity contribution in [1.29, 1.82) is 0 Å². The molecule has 2 fully saturated rings. The number of nitrogens with one attached hydrogen (secondary N) is 8. The number of fused-ring (bicyclic) bond motifs is 1. The van der Waals surface area contributed by atoms with Crippen molar-refractivity contribution in [1.82, 2.24) is 41.5 Å². The van der Waals surface area contributed by atoms with Crippen LogP contribution in [0.25, 0.3) is 0 Å². The van der Waals surface area contributed by atoms with Gasteiger partial charge in [0.05, 0.1) is 142 Å². The van der Waals surface area contributed by atoms with E-state index < -0.39 is 5.82 Å². The summed E-state index contributed by atoms with van der Waals surface area (Å²) in [5.74, 6) is 1.49. The van der Waals surface area contributed by atoms with E-state index in [0.29, 0.717) is 184 Å². The van der Waals surface area contributed by atoms with Crippen LogP contribution in [-0.4, -0.2) is 233 Å². The number of rotatable bonds is 61. The second-order valence-electron chi connectivity index (χ2n) is 23.6. The molecule has 6 amide bonds. The lowest BCUT2D eigenvalue weighted by atomic mass is 10.0. The van der Waals surface area contributed by atoms with Gasteiger partial charge < -0.3 is 94.8 Å². The molecule has 3 heterocycles. The minimum absolute atomic E-state index is 0.0180. The maximum Gasteiger partial charge on any atom is 0.315 e. The van der Waals surface area contributed by atoms with E-state index in [1.54, 1.807) is 36.4 Å². The number of carbonyl (C=O) groups is 5. The van der Waals surface area contributed by atoms with Crippen LogP contribution in [0.5, 0.6) is 5.75 Å². The molecule has 550 valence electrons. The van der Waals surface area contributed by atoms with Crippen LogP contribution in [0.2, 0.25) is 5.02 Å². The number of nitrogens with zero attached hydrogens (tertiary/aromatic N) is 3. The van der Waals surface area contributed by atoms with Gasteiger partial charge in [-0.05, 0) is 94.9 Å². The minimum atomic E-state index is -0.524. The van der Waals surface area contributed by atoms with Crippen molar-refractivity contribution in [2.45, 2.75) is 126 Å². The number of hydrogen-bond acceptors (Lipinski definition) is 21. The number of amides is 6. The highest BCUT2D eigenvalue weighted by atomic mass is 35.5. The molecule has 0 radical (unpaired) electrons. The van der Waals surface area contributed by atoms with Crippen LogP contribution < -0.4 is 47.3 Å². The Labute approximate surface area is 587 Å². The van der Waals surface area contributed by atoms with Gasteiger partial charge in [-0.1, -0.05) is 62.6 Å². The Balaban J connectivity index is 0.667. The number of thioether (sulfide) groups is 1. The number of anilines is 5. The van der Waals surface area contributed by atoms with E-state index in [1.165, 1.54) is 63.7 Å². The molecule has 1 aromatic heterocycles. The normalized spacial score (nSPS) is 14.9. The van der Waals surface area contributed by atoms with Gasteiger partial charge in [0.25, 0.3) is 0 Å². The van der Waals surface area contributed by atoms with Gasteiger partial charge in [-0.15, -0.1) is 0 Å². The first-order chi connectivity index (χ1) is 47.9. The lowest BCUT2D eigenvalue weighted by Crippen LogP contribution is -2.36. The first kappa shape index (κ1) is 82.6. The maximum atomic E-state index is 13.6. The fourth-order valence-electron chi connectivity index (χ4n) is 10.3. The van der Waals surface area contributed by atoms with Gasteiger partial charge in [-0.2, -0.15) is 11.8 Å². The molecule has 2 aromatic carbocycles. The van der Waals surface area contributed by atoms with Crippen molar-refractivity contribution in [2.75, 3.05) is 188 Å². The molecule has 0 unspecified atom stereocenters. The predicted octanol–water partition coefficient (Wildman–Crippen LogP) is 8.49. The van der Waals surface area contributed by atoms with Crippen molar-refractivity contribution in [3.8, 4) is 5.75 Å². The van der Waals surface area contributed by atoms with Crippen molar-refractivity contribution >= 4 is 81.7 Å². The van der Waals surface area contributed by atoms with E-state index in [4.69, 9.17) is 59.0 Å². The summed E-state index contributed by atoms with van der Waals surface area (Å²) < 4.78 is 69.2. The number of hydrogen-bond donors (Lipinski definition) is 8. The van der Waals surface area contributed by atoms with E-state index in [-0.39, 0.29) is 59.6 Å². The third-order valence-corrected chi connectivity index (χ3v) is 17.3. The van der Waals surface area contributed by atoms with Crippen LogP contribution in [0.1, 0.15) is 109 Å². The second-order valence-corrected chi connectivity index (χ2v) is 25.2. The zero-order valence-electron chi connectivity index (χ0n) is 57.6. The van der Waals surface area contributed by atoms with Crippen molar-refractivity contribution in [3.05, 3.63) is 71.8 Å². The third kappa shape index (κ3) is 39.7. The Kier molecular flexibility index (Phi) is 45.4. The number of likely N-dealkylation sites (N-methyl/N-ethyl adjacent to an activating group) is 1. The van der Waals surface area contributed by atoms with Crippen molar-refractivity contribution in [3.63, 3.8) is 0 Å². The van der Waals surface area contributed by atoms with Crippen molar-refractivity contribution in [2.24, 2.45) is 0 Å². The number of ether oxygens (including phenoxy) is 10. The lowest BCUT2D eigenvalue weighted by molar-refractivity contribution is -0.123. The first-order valence-corrected chi connectivity index (χ1v) is 36.2. The summed E-state index contributed by atoms with van der Waals surface area (Å²) in [4.78, 5) is 71.6. The topological polar surface area (TPSA) is 303 Å². The molecule has 5 rings (SSSR count). The fourth-order valence-corrected chi connectivity index (χ4v) is 12.0. The third-order valence-electron chi connectivity index (χ3n) is 15.5.